The normalized spacial score (nSPS) is 10.4. The van der Waals surface area contributed by atoms with E-state index >= 15 is 0 Å². The summed E-state index contributed by atoms with van der Waals surface area (Å²) in [6.45, 7) is 2.81. The fourth-order valence-corrected chi connectivity index (χ4v) is 2.25. The molecule has 0 radical (unpaired) electrons. The molecule has 1 aromatic rings. The third-order valence-corrected chi connectivity index (χ3v) is 3.44. The Morgan fingerprint density at radius 2 is 1.75 bits per heavy atom. The number of ether oxygens (including phenoxy) is 2. The zero-order valence-corrected chi connectivity index (χ0v) is 15.2. The highest BCUT2D eigenvalue weighted by atomic mass is 35.5. The maximum atomic E-state index is 12.1. The lowest BCUT2D eigenvalue weighted by Gasteiger charge is -2.17. The van der Waals surface area contributed by atoms with Crippen LogP contribution in [0.2, 0.25) is 5.02 Å². The number of carbonyl (C=O) groups is 2. The van der Waals surface area contributed by atoms with Gasteiger partial charge in [0.1, 0.15) is 11.5 Å². The fraction of sp³-hybridized carbons (Fsp3) is 0.500. The lowest BCUT2D eigenvalue weighted by molar-refractivity contribution is -0.122. The SMILES string of the molecule is CCCNC(=O)CN(C)CC(=O)Nc1cc(Cl)c(OC)cc1OC. The summed E-state index contributed by atoms with van der Waals surface area (Å²) in [5, 5.41) is 5.85. The zero-order valence-electron chi connectivity index (χ0n) is 14.4. The number of likely N-dealkylation sites (N-methyl/N-ethyl adjacent to an activating group) is 1. The summed E-state index contributed by atoms with van der Waals surface area (Å²) in [4.78, 5) is 25.4. The van der Waals surface area contributed by atoms with Gasteiger partial charge in [-0.1, -0.05) is 18.5 Å². The van der Waals surface area contributed by atoms with Crippen LogP contribution < -0.4 is 20.1 Å². The molecule has 0 fully saturated rings. The Labute approximate surface area is 147 Å². The van der Waals surface area contributed by atoms with Gasteiger partial charge in [-0.25, -0.2) is 0 Å². The first-order chi connectivity index (χ1) is 11.4. The Morgan fingerprint density at radius 1 is 1.12 bits per heavy atom. The van der Waals surface area contributed by atoms with Gasteiger partial charge in [0.2, 0.25) is 11.8 Å². The van der Waals surface area contributed by atoms with E-state index in [1.807, 2.05) is 6.92 Å². The van der Waals surface area contributed by atoms with Gasteiger partial charge in [0, 0.05) is 12.6 Å². The van der Waals surface area contributed by atoms with Crippen molar-refractivity contribution in [3.05, 3.63) is 17.2 Å². The first-order valence-electron chi connectivity index (χ1n) is 7.57. The molecule has 1 rings (SSSR count). The van der Waals surface area contributed by atoms with Crippen LogP contribution in [0.15, 0.2) is 12.1 Å². The maximum Gasteiger partial charge on any atom is 0.238 e. The second-order valence-electron chi connectivity index (χ2n) is 5.26. The van der Waals surface area contributed by atoms with Gasteiger partial charge in [0.15, 0.2) is 0 Å². The van der Waals surface area contributed by atoms with Crippen molar-refractivity contribution in [1.82, 2.24) is 10.2 Å². The van der Waals surface area contributed by atoms with Crippen molar-refractivity contribution < 1.29 is 19.1 Å². The largest absolute Gasteiger partial charge is 0.495 e. The summed E-state index contributed by atoms with van der Waals surface area (Å²) >= 11 is 6.07. The highest BCUT2D eigenvalue weighted by Gasteiger charge is 2.15. The summed E-state index contributed by atoms with van der Waals surface area (Å²) in [6.07, 6.45) is 0.869. The minimum absolute atomic E-state index is 0.0619. The van der Waals surface area contributed by atoms with Gasteiger partial charge >= 0.3 is 0 Å². The number of hydrogen-bond acceptors (Lipinski definition) is 5. The highest BCUT2D eigenvalue weighted by Crippen LogP contribution is 2.35. The molecule has 0 saturated heterocycles. The summed E-state index contributed by atoms with van der Waals surface area (Å²) in [5.41, 5.74) is 0.442. The third-order valence-electron chi connectivity index (χ3n) is 3.15. The fourth-order valence-electron chi connectivity index (χ4n) is 2.01. The smallest absolute Gasteiger partial charge is 0.238 e. The average molecular weight is 358 g/mol. The van der Waals surface area contributed by atoms with E-state index in [1.54, 1.807) is 24.1 Å². The lowest BCUT2D eigenvalue weighted by Crippen LogP contribution is -2.39. The van der Waals surface area contributed by atoms with Crippen molar-refractivity contribution in [2.75, 3.05) is 46.2 Å². The van der Waals surface area contributed by atoms with E-state index in [0.29, 0.717) is 28.8 Å². The number of nitrogens with one attached hydrogen (secondary N) is 2. The monoisotopic (exact) mass is 357 g/mol. The minimum Gasteiger partial charge on any atom is -0.495 e. The summed E-state index contributed by atoms with van der Waals surface area (Å²) in [7, 11) is 4.68. The van der Waals surface area contributed by atoms with Gasteiger partial charge in [0.25, 0.3) is 0 Å². The van der Waals surface area contributed by atoms with E-state index < -0.39 is 0 Å². The van der Waals surface area contributed by atoms with Crippen LogP contribution in [-0.4, -0.2) is 57.6 Å². The molecule has 134 valence electrons. The van der Waals surface area contributed by atoms with Gasteiger partial charge in [-0.2, -0.15) is 0 Å². The van der Waals surface area contributed by atoms with E-state index in [1.165, 1.54) is 14.2 Å². The maximum absolute atomic E-state index is 12.1. The number of halogens is 1. The number of benzene rings is 1. The highest BCUT2D eigenvalue weighted by molar-refractivity contribution is 6.32. The summed E-state index contributed by atoms with van der Waals surface area (Å²) < 4.78 is 10.3. The Hall–Kier alpha value is -1.99. The van der Waals surface area contributed by atoms with Crippen LogP contribution in [0.5, 0.6) is 11.5 Å². The molecule has 0 aliphatic heterocycles. The van der Waals surface area contributed by atoms with Crippen molar-refractivity contribution in [3.8, 4) is 11.5 Å². The Kier molecular flexibility index (Phi) is 8.35. The van der Waals surface area contributed by atoms with E-state index in [9.17, 15) is 9.59 Å². The molecular weight excluding hydrogens is 334 g/mol. The van der Waals surface area contributed by atoms with E-state index in [0.717, 1.165) is 6.42 Å². The predicted molar refractivity (Wildman–Crippen MR) is 94.0 cm³/mol. The van der Waals surface area contributed by atoms with Crippen molar-refractivity contribution >= 4 is 29.1 Å². The van der Waals surface area contributed by atoms with E-state index in [2.05, 4.69) is 10.6 Å². The van der Waals surface area contributed by atoms with E-state index in [-0.39, 0.29) is 24.9 Å². The van der Waals surface area contributed by atoms with Crippen LogP contribution >= 0.6 is 11.6 Å². The van der Waals surface area contributed by atoms with Gasteiger partial charge < -0.3 is 20.1 Å². The quantitative estimate of drug-likeness (QED) is 0.704. The lowest BCUT2D eigenvalue weighted by atomic mass is 10.2. The number of methoxy groups -OCH3 is 2. The van der Waals surface area contributed by atoms with Crippen LogP contribution in [0.1, 0.15) is 13.3 Å². The first-order valence-corrected chi connectivity index (χ1v) is 7.95. The molecule has 0 saturated carbocycles. The van der Waals surface area contributed by atoms with Crippen LogP contribution in [0.25, 0.3) is 0 Å². The predicted octanol–water partition coefficient (Wildman–Crippen LogP) is 1.75. The van der Waals surface area contributed by atoms with Gasteiger partial charge in [-0.15, -0.1) is 0 Å². The van der Waals surface area contributed by atoms with Gasteiger partial charge in [-0.05, 0) is 19.5 Å². The van der Waals surface area contributed by atoms with Crippen molar-refractivity contribution in [2.24, 2.45) is 0 Å². The molecule has 2 N–H and O–H groups in total. The number of carbonyl (C=O) groups excluding carboxylic acids is 2. The molecule has 0 aliphatic carbocycles. The molecule has 0 aliphatic rings. The summed E-state index contributed by atoms with van der Waals surface area (Å²) in [5.74, 6) is 0.502. The Morgan fingerprint density at radius 3 is 2.33 bits per heavy atom. The zero-order chi connectivity index (χ0) is 18.1. The number of hydrogen-bond donors (Lipinski definition) is 2. The van der Waals surface area contributed by atoms with Crippen LogP contribution in [0, 0.1) is 0 Å². The Balaban J connectivity index is 2.64. The summed E-state index contributed by atoms with van der Waals surface area (Å²) in [6, 6.07) is 3.16. The van der Waals surface area contributed by atoms with Crippen LogP contribution in [-0.2, 0) is 9.59 Å². The molecule has 2 amide bonds. The number of nitrogens with zero attached hydrogens (tertiary/aromatic N) is 1. The molecule has 24 heavy (non-hydrogen) atoms. The molecule has 0 atom stereocenters. The van der Waals surface area contributed by atoms with Crippen LogP contribution in [0.3, 0.4) is 0 Å². The number of amides is 2. The molecule has 0 heterocycles. The first kappa shape index (κ1) is 20.1. The molecular formula is C16H24ClN3O4. The Bertz CT molecular complexity index is 581. The van der Waals surface area contributed by atoms with E-state index in [4.69, 9.17) is 21.1 Å². The van der Waals surface area contributed by atoms with Gasteiger partial charge in [0.05, 0.1) is 38.0 Å². The van der Waals surface area contributed by atoms with Crippen molar-refractivity contribution in [1.29, 1.82) is 0 Å². The molecule has 0 unspecified atom stereocenters. The van der Waals surface area contributed by atoms with Crippen molar-refractivity contribution in [3.63, 3.8) is 0 Å². The molecule has 0 bridgehead atoms. The second-order valence-corrected chi connectivity index (χ2v) is 5.66. The molecule has 0 aromatic heterocycles. The van der Waals surface area contributed by atoms with Crippen LogP contribution in [0.4, 0.5) is 5.69 Å². The third kappa shape index (κ3) is 6.25. The van der Waals surface area contributed by atoms with Gasteiger partial charge in [-0.3, -0.25) is 14.5 Å². The molecule has 1 aromatic carbocycles. The topological polar surface area (TPSA) is 79.9 Å². The molecule has 8 heteroatoms. The van der Waals surface area contributed by atoms with Crippen molar-refractivity contribution in [2.45, 2.75) is 13.3 Å². The average Bonchev–Trinajstić information content (AvgIpc) is 2.52. The molecule has 0 spiro atoms. The number of rotatable bonds is 9. The number of anilines is 1. The second kappa shape index (κ2) is 10.00. The standard InChI is InChI=1S/C16H24ClN3O4/c1-5-6-18-15(21)9-20(2)10-16(22)19-12-7-11(17)13(23-3)8-14(12)24-4/h7-8H,5-6,9-10H2,1-4H3,(H,18,21)(H,19,22). The molecule has 7 nitrogen and oxygen atoms in total. The minimum atomic E-state index is -0.277.